The molecule has 17 heavy (non-hydrogen) atoms. The Morgan fingerprint density at radius 3 is 2.88 bits per heavy atom. The van der Waals surface area contributed by atoms with Crippen LogP contribution in [0.5, 0.6) is 0 Å². The number of carbonyl (C=O) groups excluding carboxylic acids is 1. The number of hydrogen-bond acceptors (Lipinski definition) is 4. The van der Waals surface area contributed by atoms with Crippen LogP contribution >= 0.6 is 11.6 Å². The first-order chi connectivity index (χ1) is 8.25. The number of benzene rings is 1. The van der Waals surface area contributed by atoms with Gasteiger partial charge in [-0.1, -0.05) is 17.7 Å². The number of carbonyl (C=O) groups is 1. The van der Waals surface area contributed by atoms with Crippen LogP contribution in [0.4, 0.5) is 5.69 Å². The first kappa shape index (κ1) is 11.3. The average Bonchev–Trinajstić information content (AvgIpc) is 2.37. The number of nitrogens with zero attached hydrogens (tertiary/aromatic N) is 2. The van der Waals surface area contributed by atoms with Gasteiger partial charge in [-0.2, -0.15) is 0 Å². The first-order valence-corrected chi connectivity index (χ1v) is 5.21. The maximum atomic E-state index is 11.6. The molecule has 0 aliphatic heterocycles. The molecule has 1 heterocycles. The summed E-state index contributed by atoms with van der Waals surface area (Å²) in [6.45, 7) is 0. The van der Waals surface area contributed by atoms with Crippen molar-refractivity contribution in [3.8, 4) is 0 Å². The second-order valence-corrected chi connectivity index (χ2v) is 3.62. The summed E-state index contributed by atoms with van der Waals surface area (Å²) in [4.78, 5) is 19.3. The molecule has 0 aliphatic carbocycles. The van der Waals surface area contributed by atoms with Gasteiger partial charge < -0.3 is 0 Å². The lowest BCUT2D eigenvalue weighted by atomic mass is 10.3. The highest BCUT2D eigenvalue weighted by atomic mass is 35.5. The summed E-state index contributed by atoms with van der Waals surface area (Å²) in [7, 11) is 0. The van der Waals surface area contributed by atoms with Crippen molar-refractivity contribution in [1.29, 1.82) is 0 Å². The zero-order valence-corrected chi connectivity index (χ0v) is 9.48. The Balaban J connectivity index is 1.97. The van der Waals surface area contributed by atoms with Gasteiger partial charge in [0.1, 0.15) is 5.69 Å². The summed E-state index contributed by atoms with van der Waals surface area (Å²) >= 11 is 5.80. The van der Waals surface area contributed by atoms with E-state index in [0.29, 0.717) is 10.7 Å². The molecule has 0 unspecified atom stereocenters. The van der Waals surface area contributed by atoms with Gasteiger partial charge in [0.05, 0.1) is 11.9 Å². The molecule has 0 saturated heterocycles. The van der Waals surface area contributed by atoms with Crippen LogP contribution in [0.25, 0.3) is 0 Å². The van der Waals surface area contributed by atoms with Gasteiger partial charge in [-0.25, -0.2) is 4.98 Å². The number of nitrogens with one attached hydrogen (secondary N) is 2. The number of aromatic nitrogens is 2. The molecular weight excluding hydrogens is 240 g/mol. The van der Waals surface area contributed by atoms with Gasteiger partial charge in [0, 0.05) is 17.4 Å². The van der Waals surface area contributed by atoms with Gasteiger partial charge in [0.15, 0.2) is 0 Å². The maximum absolute atomic E-state index is 11.6. The molecule has 5 nitrogen and oxygen atoms in total. The molecule has 1 aromatic carbocycles. The molecule has 0 atom stereocenters. The largest absolute Gasteiger partial charge is 0.298 e. The summed E-state index contributed by atoms with van der Waals surface area (Å²) in [5.41, 5.74) is 6.15. The Kier molecular flexibility index (Phi) is 3.52. The summed E-state index contributed by atoms with van der Waals surface area (Å²) in [5, 5.41) is 0.587. The minimum atomic E-state index is -0.363. The molecule has 0 aliphatic rings. The molecule has 2 aromatic rings. The minimum absolute atomic E-state index is 0.238. The van der Waals surface area contributed by atoms with E-state index in [1.807, 2.05) is 0 Å². The smallest absolute Gasteiger partial charge is 0.289 e. The predicted molar refractivity (Wildman–Crippen MR) is 64.6 cm³/mol. The first-order valence-electron chi connectivity index (χ1n) is 4.83. The number of anilines is 1. The van der Waals surface area contributed by atoms with Crippen LogP contribution in [0, 0.1) is 0 Å². The Bertz CT molecular complexity index is 518. The lowest BCUT2D eigenvalue weighted by molar-refractivity contribution is 0.0957. The van der Waals surface area contributed by atoms with Gasteiger partial charge in [-0.3, -0.25) is 20.6 Å². The van der Waals surface area contributed by atoms with E-state index in [-0.39, 0.29) is 11.6 Å². The van der Waals surface area contributed by atoms with Crippen molar-refractivity contribution in [2.45, 2.75) is 0 Å². The zero-order valence-electron chi connectivity index (χ0n) is 8.72. The van der Waals surface area contributed by atoms with Crippen molar-refractivity contribution in [3.63, 3.8) is 0 Å². The number of hydrogen-bond donors (Lipinski definition) is 2. The van der Waals surface area contributed by atoms with Crippen LogP contribution in [0.3, 0.4) is 0 Å². The lowest BCUT2D eigenvalue weighted by Gasteiger charge is -2.07. The van der Waals surface area contributed by atoms with E-state index in [0.717, 1.165) is 0 Å². The minimum Gasteiger partial charge on any atom is -0.298 e. The number of hydrazine groups is 1. The van der Waals surface area contributed by atoms with Crippen LogP contribution in [0.2, 0.25) is 5.02 Å². The molecule has 0 saturated carbocycles. The Hall–Kier alpha value is -2.14. The van der Waals surface area contributed by atoms with Crippen molar-refractivity contribution in [1.82, 2.24) is 15.4 Å². The molecule has 1 aromatic heterocycles. The molecule has 2 rings (SSSR count). The second-order valence-electron chi connectivity index (χ2n) is 3.18. The van der Waals surface area contributed by atoms with Crippen molar-refractivity contribution in [3.05, 3.63) is 53.6 Å². The van der Waals surface area contributed by atoms with Gasteiger partial charge in [-0.05, 0) is 18.2 Å². The number of amides is 1. The van der Waals surface area contributed by atoms with E-state index < -0.39 is 0 Å². The Morgan fingerprint density at radius 1 is 1.29 bits per heavy atom. The molecule has 0 radical (unpaired) electrons. The number of halogens is 1. The van der Waals surface area contributed by atoms with E-state index in [1.54, 1.807) is 24.3 Å². The maximum Gasteiger partial charge on any atom is 0.289 e. The van der Waals surface area contributed by atoms with Crippen LogP contribution in [0.15, 0.2) is 42.9 Å². The van der Waals surface area contributed by atoms with Crippen molar-refractivity contribution in [2.75, 3.05) is 5.43 Å². The van der Waals surface area contributed by atoms with Crippen LogP contribution in [0.1, 0.15) is 10.5 Å². The third-order valence-electron chi connectivity index (χ3n) is 1.94. The average molecular weight is 249 g/mol. The van der Waals surface area contributed by atoms with E-state index in [9.17, 15) is 4.79 Å². The van der Waals surface area contributed by atoms with Crippen molar-refractivity contribution >= 4 is 23.2 Å². The molecule has 0 spiro atoms. The summed E-state index contributed by atoms with van der Waals surface area (Å²) < 4.78 is 0. The second kappa shape index (κ2) is 5.27. The van der Waals surface area contributed by atoms with E-state index in [1.165, 1.54) is 18.6 Å². The van der Waals surface area contributed by atoms with Gasteiger partial charge >= 0.3 is 0 Å². The van der Waals surface area contributed by atoms with Crippen LogP contribution in [-0.2, 0) is 0 Å². The Labute approximate surface area is 103 Å². The topological polar surface area (TPSA) is 66.9 Å². The molecule has 2 N–H and O–H groups in total. The Morgan fingerprint density at radius 2 is 2.18 bits per heavy atom. The molecule has 0 fully saturated rings. The summed E-state index contributed by atoms with van der Waals surface area (Å²) in [6.07, 6.45) is 4.34. The quantitative estimate of drug-likeness (QED) is 0.814. The SMILES string of the molecule is O=C(NNc1cccc(Cl)c1)c1cnccn1. The fraction of sp³-hybridized carbons (Fsp3) is 0. The summed E-state index contributed by atoms with van der Waals surface area (Å²) in [6, 6.07) is 7.00. The van der Waals surface area contributed by atoms with Crippen molar-refractivity contribution < 1.29 is 4.79 Å². The molecule has 6 heteroatoms. The molecule has 86 valence electrons. The van der Waals surface area contributed by atoms with E-state index in [4.69, 9.17) is 11.6 Å². The van der Waals surface area contributed by atoms with Crippen LogP contribution in [-0.4, -0.2) is 15.9 Å². The monoisotopic (exact) mass is 248 g/mol. The highest BCUT2D eigenvalue weighted by Crippen LogP contribution is 2.13. The molecular formula is C11H9ClN4O. The van der Waals surface area contributed by atoms with Crippen molar-refractivity contribution in [2.24, 2.45) is 0 Å². The van der Waals surface area contributed by atoms with Gasteiger partial charge in [0.2, 0.25) is 0 Å². The van der Waals surface area contributed by atoms with Crippen LogP contribution < -0.4 is 10.9 Å². The predicted octanol–water partition coefficient (Wildman–Crippen LogP) is 1.89. The fourth-order valence-electron chi connectivity index (χ4n) is 1.18. The van der Waals surface area contributed by atoms with E-state index >= 15 is 0 Å². The highest BCUT2D eigenvalue weighted by molar-refractivity contribution is 6.30. The van der Waals surface area contributed by atoms with Gasteiger partial charge in [0.25, 0.3) is 5.91 Å². The zero-order chi connectivity index (χ0) is 12.1. The number of rotatable bonds is 3. The fourth-order valence-corrected chi connectivity index (χ4v) is 1.37. The molecule has 0 bridgehead atoms. The van der Waals surface area contributed by atoms with E-state index in [2.05, 4.69) is 20.8 Å². The third-order valence-corrected chi connectivity index (χ3v) is 2.18. The highest BCUT2D eigenvalue weighted by Gasteiger charge is 2.05. The normalized spacial score (nSPS) is 9.71. The molecule has 1 amide bonds. The summed E-state index contributed by atoms with van der Waals surface area (Å²) in [5.74, 6) is -0.363. The van der Waals surface area contributed by atoms with Gasteiger partial charge in [-0.15, -0.1) is 0 Å². The standard InChI is InChI=1S/C11H9ClN4O/c12-8-2-1-3-9(6-8)15-16-11(17)10-7-13-4-5-14-10/h1-7,15H,(H,16,17). The third kappa shape index (κ3) is 3.15. The lowest BCUT2D eigenvalue weighted by Crippen LogP contribution is -2.30.